The van der Waals surface area contributed by atoms with Gasteiger partial charge in [-0.15, -0.1) is 0 Å². The summed E-state index contributed by atoms with van der Waals surface area (Å²) in [5.41, 5.74) is 3.91. The Hall–Kier alpha value is -2.56. The van der Waals surface area contributed by atoms with E-state index in [0.29, 0.717) is 19.3 Å². The first-order chi connectivity index (χ1) is 15.8. The number of nitrogens with one attached hydrogen (secondary N) is 1. The van der Waals surface area contributed by atoms with Crippen molar-refractivity contribution in [2.45, 2.75) is 30.6 Å². The summed E-state index contributed by atoms with van der Waals surface area (Å²) in [7, 11) is -3.56. The predicted octanol–water partition coefficient (Wildman–Crippen LogP) is 4.89. The Kier molecular flexibility index (Phi) is 9.16. The van der Waals surface area contributed by atoms with E-state index in [-0.39, 0.29) is 17.9 Å². The van der Waals surface area contributed by atoms with E-state index in [1.165, 1.54) is 0 Å². The molecule has 0 fully saturated rings. The number of sulfonamides is 1. The molecular formula is C25H25IN2O4S. The molecule has 172 valence electrons. The van der Waals surface area contributed by atoms with Gasteiger partial charge in [-0.1, -0.05) is 36.4 Å². The Bertz CT molecular complexity index is 1210. The van der Waals surface area contributed by atoms with Gasteiger partial charge in [0.05, 0.1) is 4.90 Å². The van der Waals surface area contributed by atoms with Crippen LogP contribution in [-0.4, -0.2) is 31.0 Å². The van der Waals surface area contributed by atoms with E-state index in [4.69, 9.17) is 5.11 Å². The molecule has 8 heteroatoms. The maximum atomic E-state index is 12.5. The lowest BCUT2D eigenvalue weighted by atomic mass is 9.95. The number of nitrogens with zero attached hydrogens (tertiary/aromatic N) is 1. The molecule has 2 aromatic carbocycles. The molecule has 0 saturated carbocycles. The number of aromatic nitrogens is 1. The average Bonchev–Trinajstić information content (AvgIpc) is 2.80. The van der Waals surface area contributed by atoms with Crippen molar-refractivity contribution < 1.29 is 18.3 Å². The standard InChI is InChI=1S/C25H25IN2O4S/c26-22-10-12-23(13-11-22)33(31,32)28-16-14-19-5-3-6-20(17-19)24(8-1-2-9-25(29)30)21-7-4-15-27-18-21/h3-8,10-13,15,17-18,28H,1-2,9,14,16H2,(H,29,30)/b24-8+. The van der Waals surface area contributed by atoms with Crippen molar-refractivity contribution in [1.82, 2.24) is 9.71 Å². The highest BCUT2D eigenvalue weighted by molar-refractivity contribution is 14.1. The zero-order valence-electron chi connectivity index (χ0n) is 17.9. The highest BCUT2D eigenvalue weighted by atomic mass is 127. The van der Waals surface area contributed by atoms with E-state index in [0.717, 1.165) is 25.8 Å². The van der Waals surface area contributed by atoms with Gasteiger partial charge in [-0.25, -0.2) is 13.1 Å². The first-order valence-electron chi connectivity index (χ1n) is 10.5. The van der Waals surface area contributed by atoms with Crippen molar-refractivity contribution >= 4 is 44.2 Å². The molecule has 6 nitrogen and oxygen atoms in total. The first kappa shape index (κ1) is 25.1. The number of aliphatic carboxylic acids is 1. The summed E-state index contributed by atoms with van der Waals surface area (Å²) in [6.45, 7) is 0.280. The largest absolute Gasteiger partial charge is 0.481 e. The maximum Gasteiger partial charge on any atom is 0.303 e. The molecule has 0 aliphatic rings. The number of unbranched alkanes of at least 4 members (excludes halogenated alkanes) is 1. The SMILES string of the molecule is O=C(O)CCC/C=C(/c1cccnc1)c1cccc(CCNS(=O)(=O)c2ccc(I)cc2)c1. The van der Waals surface area contributed by atoms with Crippen LogP contribution in [0.1, 0.15) is 36.0 Å². The summed E-state index contributed by atoms with van der Waals surface area (Å²) in [6.07, 6.45) is 7.38. The zero-order chi connectivity index (χ0) is 23.7. The van der Waals surface area contributed by atoms with Gasteiger partial charge in [0.15, 0.2) is 0 Å². The minimum atomic E-state index is -3.56. The Morgan fingerprint density at radius 3 is 2.52 bits per heavy atom. The molecule has 0 aliphatic heterocycles. The monoisotopic (exact) mass is 576 g/mol. The number of pyridine rings is 1. The van der Waals surface area contributed by atoms with Gasteiger partial charge in [0, 0.05) is 34.5 Å². The lowest BCUT2D eigenvalue weighted by Crippen LogP contribution is -2.26. The quantitative estimate of drug-likeness (QED) is 0.250. The van der Waals surface area contributed by atoms with Crippen LogP contribution < -0.4 is 4.72 Å². The molecule has 0 bridgehead atoms. The van der Waals surface area contributed by atoms with Crippen molar-refractivity contribution in [3.8, 4) is 0 Å². The second kappa shape index (κ2) is 12.1. The third-order valence-electron chi connectivity index (χ3n) is 4.98. The molecule has 3 rings (SSSR count). The molecule has 33 heavy (non-hydrogen) atoms. The minimum Gasteiger partial charge on any atom is -0.481 e. The summed E-state index contributed by atoms with van der Waals surface area (Å²) >= 11 is 2.14. The fourth-order valence-electron chi connectivity index (χ4n) is 3.35. The van der Waals surface area contributed by atoms with Crippen LogP contribution in [0.15, 0.2) is 84.0 Å². The van der Waals surface area contributed by atoms with Crippen molar-refractivity contribution in [3.05, 3.63) is 99.4 Å². The number of carbonyl (C=O) groups is 1. The summed E-state index contributed by atoms with van der Waals surface area (Å²) < 4.78 is 28.7. The second-order valence-electron chi connectivity index (χ2n) is 7.45. The van der Waals surface area contributed by atoms with E-state index in [1.54, 1.807) is 36.7 Å². The molecule has 3 aromatic rings. The Morgan fingerprint density at radius 2 is 1.82 bits per heavy atom. The summed E-state index contributed by atoms with van der Waals surface area (Å²) in [6, 6.07) is 18.5. The minimum absolute atomic E-state index is 0.123. The van der Waals surface area contributed by atoms with E-state index in [1.807, 2.05) is 42.5 Å². The molecule has 0 aliphatic carbocycles. The number of carboxylic acids is 1. The number of benzene rings is 2. The summed E-state index contributed by atoms with van der Waals surface area (Å²) in [5, 5.41) is 8.89. The van der Waals surface area contributed by atoms with Crippen LogP contribution in [0, 0.1) is 3.57 Å². The average molecular weight is 576 g/mol. The van der Waals surface area contributed by atoms with Gasteiger partial charge in [-0.05, 0) is 88.9 Å². The Labute approximate surface area is 208 Å². The lowest BCUT2D eigenvalue weighted by Gasteiger charge is -2.11. The van der Waals surface area contributed by atoms with Crippen LogP contribution in [0.2, 0.25) is 0 Å². The van der Waals surface area contributed by atoms with Gasteiger partial charge in [-0.2, -0.15) is 0 Å². The lowest BCUT2D eigenvalue weighted by molar-refractivity contribution is -0.137. The molecule has 0 radical (unpaired) electrons. The molecule has 0 spiro atoms. The molecule has 1 aromatic heterocycles. The second-order valence-corrected chi connectivity index (χ2v) is 10.5. The van der Waals surface area contributed by atoms with Crippen LogP contribution in [0.4, 0.5) is 0 Å². The van der Waals surface area contributed by atoms with Crippen molar-refractivity contribution in [2.24, 2.45) is 0 Å². The summed E-state index contributed by atoms with van der Waals surface area (Å²) in [4.78, 5) is 15.3. The van der Waals surface area contributed by atoms with Gasteiger partial charge in [0.1, 0.15) is 0 Å². The van der Waals surface area contributed by atoms with Crippen LogP contribution in [0.3, 0.4) is 0 Å². The first-order valence-corrected chi connectivity index (χ1v) is 13.1. The third-order valence-corrected chi connectivity index (χ3v) is 7.18. The Balaban J connectivity index is 1.72. The topological polar surface area (TPSA) is 96.4 Å². The van der Waals surface area contributed by atoms with E-state index >= 15 is 0 Å². The van der Waals surface area contributed by atoms with Crippen LogP contribution in [0.25, 0.3) is 5.57 Å². The van der Waals surface area contributed by atoms with E-state index in [9.17, 15) is 13.2 Å². The molecule has 0 amide bonds. The molecule has 0 saturated heterocycles. The van der Waals surface area contributed by atoms with E-state index < -0.39 is 16.0 Å². The Morgan fingerprint density at radius 1 is 1.06 bits per heavy atom. The molecule has 0 atom stereocenters. The number of rotatable bonds is 11. The van der Waals surface area contributed by atoms with Gasteiger partial charge in [0.25, 0.3) is 0 Å². The number of hydrogen-bond donors (Lipinski definition) is 2. The van der Waals surface area contributed by atoms with Crippen LogP contribution in [0.5, 0.6) is 0 Å². The van der Waals surface area contributed by atoms with Crippen molar-refractivity contribution in [1.29, 1.82) is 0 Å². The van der Waals surface area contributed by atoms with Gasteiger partial charge < -0.3 is 5.11 Å². The number of hydrogen-bond acceptors (Lipinski definition) is 4. The van der Waals surface area contributed by atoms with E-state index in [2.05, 4.69) is 32.3 Å². The van der Waals surface area contributed by atoms with Gasteiger partial charge in [0.2, 0.25) is 10.0 Å². The highest BCUT2D eigenvalue weighted by Crippen LogP contribution is 2.25. The number of allylic oxidation sites excluding steroid dienone is 1. The fraction of sp³-hybridized carbons (Fsp3) is 0.200. The van der Waals surface area contributed by atoms with Crippen molar-refractivity contribution in [3.63, 3.8) is 0 Å². The zero-order valence-corrected chi connectivity index (χ0v) is 20.9. The number of halogens is 1. The third kappa shape index (κ3) is 7.76. The van der Waals surface area contributed by atoms with Gasteiger partial charge in [-0.3, -0.25) is 9.78 Å². The fourth-order valence-corrected chi connectivity index (χ4v) is 4.74. The normalized spacial score (nSPS) is 12.0. The van der Waals surface area contributed by atoms with Crippen molar-refractivity contribution in [2.75, 3.05) is 6.54 Å². The number of carboxylic acid groups (broad SMARTS) is 1. The van der Waals surface area contributed by atoms with Crippen LogP contribution >= 0.6 is 22.6 Å². The predicted molar refractivity (Wildman–Crippen MR) is 137 cm³/mol. The highest BCUT2D eigenvalue weighted by Gasteiger charge is 2.13. The van der Waals surface area contributed by atoms with Gasteiger partial charge >= 0.3 is 5.97 Å². The molecule has 0 unspecified atom stereocenters. The summed E-state index contributed by atoms with van der Waals surface area (Å²) in [5.74, 6) is -0.805. The van der Waals surface area contributed by atoms with Crippen LogP contribution in [-0.2, 0) is 21.2 Å². The molecular weight excluding hydrogens is 551 g/mol. The molecule has 2 N–H and O–H groups in total. The maximum absolute atomic E-state index is 12.5. The smallest absolute Gasteiger partial charge is 0.303 e. The molecule has 1 heterocycles.